The van der Waals surface area contributed by atoms with Crippen LogP contribution in [0.2, 0.25) is 0 Å². The van der Waals surface area contributed by atoms with E-state index in [2.05, 4.69) is 29.0 Å². The predicted molar refractivity (Wildman–Crippen MR) is 110 cm³/mol. The number of nitriles is 1. The summed E-state index contributed by atoms with van der Waals surface area (Å²) in [5, 5.41) is 12.3. The highest BCUT2D eigenvalue weighted by Crippen LogP contribution is 2.27. The summed E-state index contributed by atoms with van der Waals surface area (Å²) in [7, 11) is 0. The zero-order valence-corrected chi connectivity index (χ0v) is 17.1. The van der Waals surface area contributed by atoms with Crippen LogP contribution in [-0.4, -0.2) is 53.7 Å². The molecule has 1 aromatic carbocycles. The standard InChI is InChI=1S/C23H25FN4O2/c1-14(2)22-12-28-11-18(9-19(28)13-30-22)27-23(29)16-6-15(7-17(24)8-16)20-4-3-5-26-21(20)10-25/h3-8,14,18-19,22H,9,11-13H2,1-2H3,(H,27,29)/t18-,19+,22+/m1/s1. The van der Waals surface area contributed by atoms with Gasteiger partial charge >= 0.3 is 0 Å². The number of nitrogens with zero attached hydrogens (tertiary/aromatic N) is 3. The summed E-state index contributed by atoms with van der Waals surface area (Å²) in [4.78, 5) is 19.3. The highest BCUT2D eigenvalue weighted by Gasteiger charge is 2.38. The Labute approximate surface area is 175 Å². The van der Waals surface area contributed by atoms with E-state index < -0.39 is 5.82 Å². The van der Waals surface area contributed by atoms with Crippen LogP contribution in [0.25, 0.3) is 11.1 Å². The molecule has 1 N–H and O–H groups in total. The van der Waals surface area contributed by atoms with Crippen LogP contribution in [0.1, 0.15) is 36.3 Å². The molecule has 0 bridgehead atoms. The van der Waals surface area contributed by atoms with Gasteiger partial charge in [0.2, 0.25) is 0 Å². The van der Waals surface area contributed by atoms with Gasteiger partial charge in [0.1, 0.15) is 17.6 Å². The molecule has 2 aromatic rings. The van der Waals surface area contributed by atoms with E-state index in [1.807, 2.05) is 6.07 Å². The van der Waals surface area contributed by atoms with E-state index in [0.717, 1.165) is 19.5 Å². The lowest BCUT2D eigenvalue weighted by Crippen LogP contribution is -2.48. The van der Waals surface area contributed by atoms with Crippen LogP contribution in [0, 0.1) is 23.1 Å². The maximum Gasteiger partial charge on any atom is 0.251 e. The molecule has 0 spiro atoms. The van der Waals surface area contributed by atoms with E-state index in [4.69, 9.17) is 4.74 Å². The fourth-order valence-electron chi connectivity index (χ4n) is 4.28. The van der Waals surface area contributed by atoms with Gasteiger partial charge in [-0.15, -0.1) is 0 Å². The molecule has 2 aliphatic rings. The lowest BCUT2D eigenvalue weighted by molar-refractivity contribution is -0.0683. The van der Waals surface area contributed by atoms with E-state index in [-0.39, 0.29) is 29.3 Å². The van der Waals surface area contributed by atoms with Gasteiger partial charge < -0.3 is 10.1 Å². The highest BCUT2D eigenvalue weighted by atomic mass is 19.1. The van der Waals surface area contributed by atoms with E-state index in [0.29, 0.717) is 29.7 Å². The van der Waals surface area contributed by atoms with Crippen molar-refractivity contribution in [1.29, 1.82) is 5.26 Å². The Morgan fingerprint density at radius 2 is 2.20 bits per heavy atom. The van der Waals surface area contributed by atoms with Crippen molar-refractivity contribution in [3.63, 3.8) is 0 Å². The Balaban J connectivity index is 1.48. The Bertz CT molecular complexity index is 987. The van der Waals surface area contributed by atoms with Gasteiger partial charge in [0, 0.05) is 42.5 Å². The maximum absolute atomic E-state index is 14.3. The number of carbonyl (C=O) groups excluding carboxylic acids is 1. The number of morpholine rings is 1. The second kappa shape index (κ2) is 8.50. The molecule has 3 heterocycles. The minimum atomic E-state index is -0.526. The first kappa shape index (κ1) is 20.5. The van der Waals surface area contributed by atoms with Crippen LogP contribution in [0.4, 0.5) is 4.39 Å². The van der Waals surface area contributed by atoms with Crippen LogP contribution in [0.5, 0.6) is 0 Å². The average Bonchev–Trinajstić information content (AvgIpc) is 3.14. The molecule has 3 atom stereocenters. The average molecular weight is 408 g/mol. The van der Waals surface area contributed by atoms with Crippen molar-refractivity contribution in [1.82, 2.24) is 15.2 Å². The molecule has 0 unspecified atom stereocenters. The number of pyridine rings is 1. The van der Waals surface area contributed by atoms with Crippen LogP contribution < -0.4 is 5.32 Å². The second-order valence-electron chi connectivity index (χ2n) is 8.37. The van der Waals surface area contributed by atoms with E-state index in [9.17, 15) is 14.4 Å². The van der Waals surface area contributed by atoms with Crippen LogP contribution >= 0.6 is 0 Å². The van der Waals surface area contributed by atoms with Gasteiger partial charge in [-0.1, -0.05) is 13.8 Å². The van der Waals surface area contributed by atoms with Crippen molar-refractivity contribution in [3.8, 4) is 17.2 Å². The minimum Gasteiger partial charge on any atom is -0.375 e. The number of halogens is 1. The lowest BCUT2D eigenvalue weighted by Gasteiger charge is -2.36. The summed E-state index contributed by atoms with van der Waals surface area (Å²) in [6.45, 7) is 6.63. The molecule has 1 amide bonds. The summed E-state index contributed by atoms with van der Waals surface area (Å²) < 4.78 is 20.2. The number of rotatable bonds is 4. The summed E-state index contributed by atoms with van der Waals surface area (Å²) in [6.07, 6.45) is 2.55. The molecule has 2 fully saturated rings. The van der Waals surface area contributed by atoms with Gasteiger partial charge in [-0.2, -0.15) is 5.26 Å². The van der Waals surface area contributed by atoms with Crippen LogP contribution in [0.3, 0.4) is 0 Å². The van der Waals surface area contributed by atoms with Crippen LogP contribution in [0.15, 0.2) is 36.5 Å². The number of benzene rings is 1. The normalized spacial score (nSPS) is 23.8. The molecule has 1 aromatic heterocycles. The molecule has 6 nitrogen and oxygen atoms in total. The molecule has 7 heteroatoms. The van der Waals surface area contributed by atoms with Crippen molar-refractivity contribution in [2.45, 2.75) is 38.5 Å². The zero-order valence-electron chi connectivity index (χ0n) is 17.1. The Hall–Kier alpha value is -2.82. The summed E-state index contributed by atoms with van der Waals surface area (Å²) in [5.41, 5.74) is 1.39. The number of hydrogen-bond acceptors (Lipinski definition) is 5. The number of fused-ring (bicyclic) bond motifs is 1. The van der Waals surface area contributed by atoms with Gasteiger partial charge in [0.05, 0.1) is 12.7 Å². The van der Waals surface area contributed by atoms with Gasteiger partial charge in [-0.3, -0.25) is 9.69 Å². The van der Waals surface area contributed by atoms with Gasteiger partial charge in [0.15, 0.2) is 0 Å². The molecule has 0 aliphatic carbocycles. The molecule has 2 aliphatic heterocycles. The smallest absolute Gasteiger partial charge is 0.251 e. The molecule has 0 saturated carbocycles. The molecular formula is C23H25FN4O2. The Morgan fingerprint density at radius 3 is 2.97 bits per heavy atom. The maximum atomic E-state index is 14.3. The van der Waals surface area contributed by atoms with Crippen molar-refractivity contribution in [3.05, 3.63) is 53.6 Å². The number of nitrogens with one attached hydrogen (secondary N) is 1. The van der Waals surface area contributed by atoms with Crippen LogP contribution in [-0.2, 0) is 4.74 Å². The first-order valence-electron chi connectivity index (χ1n) is 10.3. The number of amides is 1. The summed E-state index contributed by atoms with van der Waals surface area (Å²) >= 11 is 0. The fourth-order valence-corrected chi connectivity index (χ4v) is 4.28. The van der Waals surface area contributed by atoms with Crippen molar-refractivity contribution in [2.75, 3.05) is 19.7 Å². The summed E-state index contributed by atoms with van der Waals surface area (Å²) in [5.74, 6) is -0.386. The largest absolute Gasteiger partial charge is 0.375 e. The van der Waals surface area contributed by atoms with Crippen molar-refractivity contribution >= 4 is 5.91 Å². The monoisotopic (exact) mass is 408 g/mol. The number of aromatic nitrogens is 1. The third-order valence-corrected chi connectivity index (χ3v) is 5.91. The number of hydrogen-bond donors (Lipinski definition) is 1. The third kappa shape index (κ3) is 4.20. The highest BCUT2D eigenvalue weighted by molar-refractivity contribution is 5.95. The Morgan fingerprint density at radius 1 is 1.37 bits per heavy atom. The molecule has 156 valence electrons. The second-order valence-corrected chi connectivity index (χ2v) is 8.37. The topological polar surface area (TPSA) is 78.3 Å². The Kier molecular flexibility index (Phi) is 5.80. The predicted octanol–water partition coefficient (Wildman–Crippen LogP) is 2.99. The number of carbonyl (C=O) groups is 1. The van der Waals surface area contributed by atoms with Crippen molar-refractivity contribution in [2.24, 2.45) is 5.92 Å². The van der Waals surface area contributed by atoms with E-state index >= 15 is 0 Å². The minimum absolute atomic E-state index is 0.00297. The zero-order chi connectivity index (χ0) is 21.3. The van der Waals surface area contributed by atoms with Gasteiger partial charge in [0.25, 0.3) is 5.91 Å². The molecule has 2 saturated heterocycles. The molecule has 4 rings (SSSR count). The van der Waals surface area contributed by atoms with E-state index in [1.54, 1.807) is 18.2 Å². The third-order valence-electron chi connectivity index (χ3n) is 5.91. The quantitative estimate of drug-likeness (QED) is 0.842. The molecular weight excluding hydrogens is 383 g/mol. The SMILES string of the molecule is CC(C)[C@@H]1CN2C[C@H](NC(=O)c3cc(F)cc(-c4cccnc4C#N)c3)C[C@H]2CO1. The van der Waals surface area contributed by atoms with Gasteiger partial charge in [-0.25, -0.2) is 9.37 Å². The fraction of sp³-hybridized carbons (Fsp3) is 0.435. The molecule has 30 heavy (non-hydrogen) atoms. The lowest BCUT2D eigenvalue weighted by atomic mass is 10.0. The number of ether oxygens (including phenoxy) is 1. The van der Waals surface area contributed by atoms with E-state index in [1.165, 1.54) is 18.3 Å². The first-order chi connectivity index (χ1) is 14.4. The van der Waals surface area contributed by atoms with Gasteiger partial charge in [-0.05, 0) is 48.2 Å². The summed E-state index contributed by atoms with van der Waals surface area (Å²) in [6, 6.07) is 9.84. The van der Waals surface area contributed by atoms with Crippen molar-refractivity contribution < 1.29 is 13.9 Å². The first-order valence-corrected chi connectivity index (χ1v) is 10.3. The molecule has 0 radical (unpaired) electrons.